The Morgan fingerprint density at radius 1 is 1.25 bits per heavy atom. The van der Waals surface area contributed by atoms with Gasteiger partial charge in [0.05, 0.1) is 6.10 Å². The van der Waals surface area contributed by atoms with Crippen molar-refractivity contribution < 1.29 is 9.90 Å². The largest absolute Gasteiger partial charge is 0.393 e. The predicted molar refractivity (Wildman–Crippen MR) is 80.6 cm³/mol. The minimum absolute atomic E-state index is 0.131. The Morgan fingerprint density at radius 3 is 2.60 bits per heavy atom. The molecule has 0 aliphatic heterocycles. The summed E-state index contributed by atoms with van der Waals surface area (Å²) in [4.78, 5) is 12.0. The zero-order valence-corrected chi connectivity index (χ0v) is 12.5. The van der Waals surface area contributed by atoms with E-state index in [2.05, 4.69) is 37.4 Å². The van der Waals surface area contributed by atoms with Crippen LogP contribution in [0.2, 0.25) is 0 Å². The molecule has 2 N–H and O–H groups in total. The van der Waals surface area contributed by atoms with E-state index in [9.17, 15) is 9.90 Å². The molecule has 0 atom stereocenters. The summed E-state index contributed by atoms with van der Waals surface area (Å²) in [6.07, 6.45) is 4.59. The van der Waals surface area contributed by atoms with E-state index in [-0.39, 0.29) is 18.1 Å². The van der Waals surface area contributed by atoms with Gasteiger partial charge >= 0.3 is 0 Å². The highest BCUT2D eigenvalue weighted by Crippen LogP contribution is 2.18. The van der Waals surface area contributed by atoms with E-state index >= 15 is 0 Å². The molecule has 3 heteroatoms. The first-order valence-electron chi connectivity index (χ1n) is 7.58. The van der Waals surface area contributed by atoms with Gasteiger partial charge in [0.25, 0.3) is 0 Å². The molecular formula is C17H25NO2. The first kappa shape index (κ1) is 15.0. The van der Waals surface area contributed by atoms with Crippen LogP contribution < -0.4 is 5.32 Å². The van der Waals surface area contributed by atoms with Crippen molar-refractivity contribution in [2.24, 2.45) is 0 Å². The lowest BCUT2D eigenvalue weighted by atomic mass is 9.93. The van der Waals surface area contributed by atoms with Crippen LogP contribution in [0.1, 0.15) is 48.8 Å². The molecule has 1 aromatic rings. The van der Waals surface area contributed by atoms with E-state index in [4.69, 9.17) is 0 Å². The highest BCUT2D eigenvalue weighted by atomic mass is 16.3. The van der Waals surface area contributed by atoms with Crippen molar-refractivity contribution in [3.05, 3.63) is 34.9 Å². The minimum Gasteiger partial charge on any atom is -0.393 e. The SMILES string of the molecule is Cc1ccc(CCC(=O)NC2CCC(O)CC2)c(C)c1. The van der Waals surface area contributed by atoms with Crippen molar-refractivity contribution in [1.82, 2.24) is 5.32 Å². The van der Waals surface area contributed by atoms with E-state index in [1.807, 2.05) is 0 Å². The molecule has 2 rings (SSSR count). The van der Waals surface area contributed by atoms with Crippen molar-refractivity contribution in [3.63, 3.8) is 0 Å². The average Bonchev–Trinajstić information content (AvgIpc) is 2.40. The fourth-order valence-electron chi connectivity index (χ4n) is 2.89. The Morgan fingerprint density at radius 2 is 1.95 bits per heavy atom. The van der Waals surface area contributed by atoms with Crippen molar-refractivity contribution in [2.45, 2.75) is 64.5 Å². The standard InChI is InChI=1S/C17H25NO2/c1-12-3-4-14(13(2)11-12)5-10-17(20)18-15-6-8-16(19)9-7-15/h3-4,11,15-16,19H,5-10H2,1-2H3,(H,18,20). The number of aryl methyl sites for hydroxylation is 3. The molecule has 1 aromatic carbocycles. The van der Waals surface area contributed by atoms with E-state index in [0.29, 0.717) is 6.42 Å². The Labute approximate surface area is 121 Å². The Balaban J connectivity index is 1.77. The molecule has 1 fully saturated rings. The van der Waals surface area contributed by atoms with E-state index < -0.39 is 0 Å². The van der Waals surface area contributed by atoms with Crippen LogP contribution in [-0.2, 0) is 11.2 Å². The number of hydrogen-bond donors (Lipinski definition) is 2. The van der Waals surface area contributed by atoms with Crippen molar-refractivity contribution in [1.29, 1.82) is 0 Å². The monoisotopic (exact) mass is 275 g/mol. The normalized spacial score (nSPS) is 22.6. The smallest absolute Gasteiger partial charge is 0.220 e. The van der Waals surface area contributed by atoms with Crippen LogP contribution in [0.25, 0.3) is 0 Å². The average molecular weight is 275 g/mol. The van der Waals surface area contributed by atoms with Crippen LogP contribution in [-0.4, -0.2) is 23.2 Å². The molecule has 0 radical (unpaired) electrons. The predicted octanol–water partition coefficient (Wildman–Crippen LogP) is 2.66. The maximum Gasteiger partial charge on any atom is 0.220 e. The number of carbonyl (C=O) groups excluding carboxylic acids is 1. The summed E-state index contributed by atoms with van der Waals surface area (Å²) in [6.45, 7) is 4.18. The Hall–Kier alpha value is -1.35. The lowest BCUT2D eigenvalue weighted by Crippen LogP contribution is -2.38. The number of rotatable bonds is 4. The molecule has 0 unspecified atom stereocenters. The molecule has 1 saturated carbocycles. The third-order valence-electron chi connectivity index (χ3n) is 4.18. The van der Waals surface area contributed by atoms with Gasteiger partial charge in [-0.05, 0) is 57.1 Å². The van der Waals surface area contributed by atoms with Gasteiger partial charge in [-0.25, -0.2) is 0 Å². The Kier molecular flexibility index (Phi) is 5.18. The molecule has 0 bridgehead atoms. The first-order chi connectivity index (χ1) is 9.54. The molecule has 3 nitrogen and oxygen atoms in total. The molecule has 0 spiro atoms. The summed E-state index contributed by atoms with van der Waals surface area (Å²) in [6, 6.07) is 6.64. The van der Waals surface area contributed by atoms with Gasteiger partial charge in [0, 0.05) is 12.5 Å². The number of benzene rings is 1. The summed E-state index contributed by atoms with van der Waals surface area (Å²) in [5.74, 6) is 0.131. The number of aliphatic hydroxyl groups is 1. The maximum atomic E-state index is 12.0. The second kappa shape index (κ2) is 6.89. The third kappa shape index (κ3) is 4.34. The fourth-order valence-corrected chi connectivity index (χ4v) is 2.89. The van der Waals surface area contributed by atoms with Gasteiger partial charge in [-0.3, -0.25) is 4.79 Å². The molecule has 1 amide bonds. The van der Waals surface area contributed by atoms with Crippen molar-refractivity contribution in [3.8, 4) is 0 Å². The summed E-state index contributed by atoms with van der Waals surface area (Å²) in [5, 5.41) is 12.5. The summed E-state index contributed by atoms with van der Waals surface area (Å²) in [5.41, 5.74) is 3.78. The topological polar surface area (TPSA) is 49.3 Å². The van der Waals surface area contributed by atoms with Crippen molar-refractivity contribution >= 4 is 5.91 Å². The highest BCUT2D eigenvalue weighted by Gasteiger charge is 2.20. The van der Waals surface area contributed by atoms with E-state index in [0.717, 1.165) is 32.1 Å². The second-order valence-electron chi connectivity index (χ2n) is 6.00. The van der Waals surface area contributed by atoms with Crippen molar-refractivity contribution in [2.75, 3.05) is 0 Å². The van der Waals surface area contributed by atoms with E-state index in [1.165, 1.54) is 16.7 Å². The van der Waals surface area contributed by atoms with Crippen LogP contribution in [0.3, 0.4) is 0 Å². The lowest BCUT2D eigenvalue weighted by Gasteiger charge is -2.26. The zero-order chi connectivity index (χ0) is 14.5. The summed E-state index contributed by atoms with van der Waals surface area (Å²) in [7, 11) is 0. The third-order valence-corrected chi connectivity index (χ3v) is 4.18. The van der Waals surface area contributed by atoms with Crippen LogP contribution in [0.15, 0.2) is 18.2 Å². The van der Waals surface area contributed by atoms with Gasteiger partial charge in [-0.15, -0.1) is 0 Å². The molecule has 0 saturated heterocycles. The summed E-state index contributed by atoms with van der Waals surface area (Å²) < 4.78 is 0. The zero-order valence-electron chi connectivity index (χ0n) is 12.5. The second-order valence-corrected chi connectivity index (χ2v) is 6.00. The van der Waals surface area contributed by atoms with Gasteiger partial charge in [-0.1, -0.05) is 23.8 Å². The van der Waals surface area contributed by atoms with E-state index in [1.54, 1.807) is 0 Å². The highest BCUT2D eigenvalue weighted by molar-refractivity contribution is 5.76. The van der Waals surface area contributed by atoms with Gasteiger partial charge < -0.3 is 10.4 Å². The Bertz CT molecular complexity index is 462. The molecule has 0 heterocycles. The van der Waals surface area contributed by atoms with Gasteiger partial charge in [0.15, 0.2) is 0 Å². The fraction of sp³-hybridized carbons (Fsp3) is 0.588. The van der Waals surface area contributed by atoms with Crippen LogP contribution >= 0.6 is 0 Å². The van der Waals surface area contributed by atoms with Crippen LogP contribution in [0.4, 0.5) is 0 Å². The molecule has 110 valence electrons. The molecule has 1 aliphatic carbocycles. The van der Waals surface area contributed by atoms with Crippen LogP contribution in [0, 0.1) is 13.8 Å². The number of amides is 1. The quantitative estimate of drug-likeness (QED) is 0.887. The van der Waals surface area contributed by atoms with Gasteiger partial charge in [0.1, 0.15) is 0 Å². The number of hydrogen-bond acceptors (Lipinski definition) is 2. The number of carbonyl (C=O) groups is 1. The molecule has 0 aromatic heterocycles. The minimum atomic E-state index is -0.168. The van der Waals surface area contributed by atoms with Gasteiger partial charge in [0.2, 0.25) is 5.91 Å². The maximum absolute atomic E-state index is 12.0. The van der Waals surface area contributed by atoms with Crippen LogP contribution in [0.5, 0.6) is 0 Å². The summed E-state index contributed by atoms with van der Waals surface area (Å²) >= 11 is 0. The van der Waals surface area contributed by atoms with Gasteiger partial charge in [-0.2, -0.15) is 0 Å². The number of aliphatic hydroxyl groups excluding tert-OH is 1. The molecule has 1 aliphatic rings. The molecule has 20 heavy (non-hydrogen) atoms. The number of nitrogens with one attached hydrogen (secondary N) is 1. The lowest BCUT2D eigenvalue weighted by molar-refractivity contribution is -0.122. The first-order valence-corrected chi connectivity index (χ1v) is 7.58. The molecular weight excluding hydrogens is 250 g/mol.